The van der Waals surface area contributed by atoms with E-state index in [0.29, 0.717) is 41.5 Å². The van der Waals surface area contributed by atoms with E-state index < -0.39 is 5.41 Å². The quantitative estimate of drug-likeness (QED) is 0.367. The molecule has 1 heterocycles. The zero-order valence-corrected chi connectivity index (χ0v) is 21.0. The Morgan fingerprint density at radius 2 is 1.70 bits per heavy atom. The van der Waals surface area contributed by atoms with Gasteiger partial charge in [0, 0.05) is 11.8 Å². The van der Waals surface area contributed by atoms with E-state index >= 15 is 0 Å². The summed E-state index contributed by atoms with van der Waals surface area (Å²) in [4.78, 5) is 29.0. The molecule has 0 bridgehead atoms. The third-order valence-electron chi connectivity index (χ3n) is 6.18. The predicted octanol–water partition coefficient (Wildman–Crippen LogP) is 6.44. The minimum atomic E-state index is -0.533. The number of halogens is 1. The average molecular weight is 501 g/mol. The summed E-state index contributed by atoms with van der Waals surface area (Å²) in [5.74, 6) is 1.11. The number of carbonyl (C=O) groups is 2. The van der Waals surface area contributed by atoms with Crippen LogP contribution in [0, 0.1) is 11.2 Å². The predicted molar refractivity (Wildman–Crippen MR) is 141 cm³/mol. The Labute approximate surface area is 215 Å². The first kappa shape index (κ1) is 25.8. The van der Waals surface area contributed by atoms with Crippen molar-refractivity contribution in [1.29, 1.82) is 0 Å². The van der Waals surface area contributed by atoms with Crippen LogP contribution in [0.5, 0.6) is 17.2 Å². The Bertz CT molecular complexity index is 1330. The van der Waals surface area contributed by atoms with Gasteiger partial charge < -0.3 is 14.8 Å². The van der Waals surface area contributed by atoms with Gasteiger partial charge in [0.05, 0.1) is 17.2 Å². The van der Waals surface area contributed by atoms with Crippen LogP contribution in [0.2, 0.25) is 0 Å². The molecular formula is C30H29FN2O4. The fourth-order valence-electron chi connectivity index (χ4n) is 3.52. The van der Waals surface area contributed by atoms with Crippen molar-refractivity contribution in [2.45, 2.75) is 33.2 Å². The van der Waals surface area contributed by atoms with Crippen LogP contribution in [-0.2, 0) is 4.79 Å². The maximum absolute atomic E-state index is 13.1. The zero-order valence-electron chi connectivity index (χ0n) is 21.0. The fourth-order valence-corrected chi connectivity index (χ4v) is 3.52. The first-order chi connectivity index (χ1) is 17.7. The molecule has 3 aromatic carbocycles. The lowest BCUT2D eigenvalue weighted by molar-refractivity contribution is -0.126. The number of aliphatic imine (C=N–C) groups is 1. The van der Waals surface area contributed by atoms with Gasteiger partial charge in [-0.15, -0.1) is 0 Å². The van der Waals surface area contributed by atoms with Gasteiger partial charge in [-0.05, 0) is 87.4 Å². The van der Waals surface area contributed by atoms with Crippen LogP contribution in [0.4, 0.5) is 4.39 Å². The summed E-state index contributed by atoms with van der Waals surface area (Å²) in [6.45, 7) is 5.61. The van der Waals surface area contributed by atoms with Gasteiger partial charge >= 0.3 is 0 Å². The number of rotatable bonds is 9. The Morgan fingerprint density at radius 3 is 2.35 bits per heavy atom. The van der Waals surface area contributed by atoms with E-state index in [4.69, 9.17) is 9.47 Å². The summed E-state index contributed by atoms with van der Waals surface area (Å²) in [6.07, 6.45) is 4.23. The van der Waals surface area contributed by atoms with E-state index in [2.05, 4.69) is 10.3 Å². The number of hydrogen-bond donors (Lipinski definition) is 1. The number of allylic oxidation sites excluding steroid dienone is 1. The lowest BCUT2D eigenvalue weighted by Gasteiger charge is -2.21. The summed E-state index contributed by atoms with van der Waals surface area (Å²) in [7, 11) is 0. The highest BCUT2D eigenvalue weighted by molar-refractivity contribution is 5.99. The number of Topliss-reactive ketones (excluding diaryl/α,β-unsaturated/α-hetero) is 1. The Balaban J connectivity index is 1.31. The minimum absolute atomic E-state index is 0.0594. The molecule has 0 saturated carbocycles. The van der Waals surface area contributed by atoms with Crippen LogP contribution in [0.15, 0.2) is 89.6 Å². The molecule has 0 spiro atoms. The van der Waals surface area contributed by atoms with Crippen molar-refractivity contribution in [1.82, 2.24) is 5.32 Å². The number of benzene rings is 3. The van der Waals surface area contributed by atoms with E-state index in [0.717, 1.165) is 5.56 Å². The molecule has 0 saturated heterocycles. The molecule has 190 valence electrons. The van der Waals surface area contributed by atoms with Crippen molar-refractivity contribution in [3.8, 4) is 17.2 Å². The van der Waals surface area contributed by atoms with Gasteiger partial charge in [0.15, 0.2) is 0 Å². The standard InChI is InChI=1S/C30H29FN2O4/c1-20(34)30(2,3)19-36-25-12-7-21(8-13-25)28-16-11-24(18-32-28)33-29(35)22-5-4-6-27(17-22)37-26-14-9-23(31)10-15-26/h4-15,17-18,28H,16,19H2,1-3H3,(H,33,35). The largest absolute Gasteiger partial charge is 0.493 e. The van der Waals surface area contributed by atoms with Gasteiger partial charge in [0.25, 0.3) is 5.91 Å². The second-order valence-electron chi connectivity index (χ2n) is 9.52. The lowest BCUT2D eigenvalue weighted by Crippen LogP contribution is -2.28. The second-order valence-corrected chi connectivity index (χ2v) is 9.52. The number of hydrogen-bond acceptors (Lipinski definition) is 5. The summed E-state index contributed by atoms with van der Waals surface area (Å²) >= 11 is 0. The van der Waals surface area contributed by atoms with E-state index in [1.165, 1.54) is 24.3 Å². The molecule has 1 N–H and O–H groups in total. The van der Waals surface area contributed by atoms with Gasteiger partial charge in [-0.25, -0.2) is 4.39 Å². The van der Waals surface area contributed by atoms with Gasteiger partial charge in [-0.2, -0.15) is 0 Å². The molecule has 0 fully saturated rings. The van der Waals surface area contributed by atoms with Crippen molar-refractivity contribution < 1.29 is 23.5 Å². The van der Waals surface area contributed by atoms with Crippen molar-refractivity contribution in [2.24, 2.45) is 10.4 Å². The van der Waals surface area contributed by atoms with E-state index in [-0.39, 0.29) is 23.5 Å². The normalized spacial score (nSPS) is 15.0. The summed E-state index contributed by atoms with van der Waals surface area (Å²) in [5, 5.41) is 2.87. The van der Waals surface area contributed by atoms with Gasteiger partial charge in [-0.1, -0.05) is 24.3 Å². The number of ether oxygens (including phenoxy) is 2. The number of nitrogens with one attached hydrogen (secondary N) is 1. The summed E-state index contributed by atoms with van der Waals surface area (Å²) in [5.41, 5.74) is 1.55. The topological polar surface area (TPSA) is 77.0 Å². The third kappa shape index (κ3) is 6.91. The highest BCUT2D eigenvalue weighted by atomic mass is 19.1. The molecule has 1 atom stereocenters. The van der Waals surface area contributed by atoms with Gasteiger partial charge in [0.2, 0.25) is 0 Å². The number of nitrogens with zero attached hydrogens (tertiary/aromatic N) is 1. The van der Waals surface area contributed by atoms with Gasteiger partial charge in [-0.3, -0.25) is 14.6 Å². The second kappa shape index (κ2) is 11.2. The maximum Gasteiger partial charge on any atom is 0.255 e. The molecule has 3 aromatic rings. The molecule has 37 heavy (non-hydrogen) atoms. The molecule has 1 unspecified atom stereocenters. The SMILES string of the molecule is CC(=O)C(C)(C)COc1ccc(C2CC=C(NC(=O)c3cccc(Oc4ccc(F)cc4)c3)C=N2)cc1. The van der Waals surface area contributed by atoms with Crippen molar-refractivity contribution in [3.63, 3.8) is 0 Å². The van der Waals surface area contributed by atoms with E-state index in [1.807, 2.05) is 44.2 Å². The smallest absolute Gasteiger partial charge is 0.255 e. The molecule has 0 aromatic heterocycles. The van der Waals surface area contributed by atoms with Crippen LogP contribution < -0.4 is 14.8 Å². The molecule has 1 aliphatic heterocycles. The molecule has 4 rings (SSSR count). The number of dihydropyridines is 1. The summed E-state index contributed by atoms with van der Waals surface area (Å²) < 4.78 is 24.6. The van der Waals surface area contributed by atoms with E-state index in [9.17, 15) is 14.0 Å². The molecule has 6 nitrogen and oxygen atoms in total. The zero-order chi connectivity index (χ0) is 26.4. The molecule has 0 radical (unpaired) electrons. The van der Waals surface area contributed by atoms with Crippen LogP contribution in [0.1, 0.15) is 49.2 Å². The van der Waals surface area contributed by atoms with Crippen LogP contribution in [0.25, 0.3) is 0 Å². The Hall–Kier alpha value is -4.26. The molecular weight excluding hydrogens is 471 g/mol. The van der Waals surface area contributed by atoms with Crippen molar-refractivity contribution in [2.75, 3.05) is 6.61 Å². The molecule has 0 aliphatic carbocycles. The fraction of sp³-hybridized carbons (Fsp3) is 0.233. The maximum atomic E-state index is 13.1. The average Bonchev–Trinajstić information content (AvgIpc) is 2.90. The van der Waals surface area contributed by atoms with Crippen molar-refractivity contribution in [3.05, 3.63) is 102 Å². The molecule has 1 aliphatic rings. The van der Waals surface area contributed by atoms with Crippen LogP contribution >= 0.6 is 0 Å². The Kier molecular flexibility index (Phi) is 7.82. The number of carbonyl (C=O) groups excluding carboxylic acids is 2. The molecule has 7 heteroatoms. The highest BCUT2D eigenvalue weighted by Gasteiger charge is 2.24. The van der Waals surface area contributed by atoms with Gasteiger partial charge in [0.1, 0.15) is 35.5 Å². The van der Waals surface area contributed by atoms with Crippen LogP contribution in [0.3, 0.4) is 0 Å². The van der Waals surface area contributed by atoms with Crippen molar-refractivity contribution >= 4 is 17.9 Å². The van der Waals surface area contributed by atoms with Crippen LogP contribution in [-0.4, -0.2) is 24.5 Å². The number of ketones is 1. The number of amides is 1. The summed E-state index contributed by atoms with van der Waals surface area (Å²) in [6, 6.07) is 20.1. The van der Waals surface area contributed by atoms with E-state index in [1.54, 1.807) is 37.4 Å². The Morgan fingerprint density at radius 1 is 1.00 bits per heavy atom. The minimum Gasteiger partial charge on any atom is -0.493 e. The monoisotopic (exact) mass is 500 g/mol. The first-order valence-electron chi connectivity index (χ1n) is 12.0. The first-order valence-corrected chi connectivity index (χ1v) is 12.0. The molecule has 1 amide bonds. The third-order valence-corrected chi connectivity index (χ3v) is 6.18. The lowest BCUT2D eigenvalue weighted by atomic mass is 9.90. The highest BCUT2D eigenvalue weighted by Crippen LogP contribution is 2.28.